The summed E-state index contributed by atoms with van der Waals surface area (Å²) in [7, 11) is 0. The van der Waals surface area contributed by atoms with Crippen LogP contribution in [-0.2, 0) is 6.54 Å². The number of thiophene rings is 1. The SMILES string of the molecule is Cc1nc2cccc(C(=O)O)c2n1Cc1sccc1Br. The van der Waals surface area contributed by atoms with Crippen LogP contribution < -0.4 is 0 Å². The van der Waals surface area contributed by atoms with E-state index in [1.165, 1.54) is 0 Å². The third-order valence-corrected chi connectivity index (χ3v) is 5.09. The van der Waals surface area contributed by atoms with Gasteiger partial charge in [0.25, 0.3) is 0 Å². The number of nitrogens with zero attached hydrogens (tertiary/aromatic N) is 2. The normalized spacial score (nSPS) is 11.1. The number of hydrogen-bond acceptors (Lipinski definition) is 3. The quantitative estimate of drug-likeness (QED) is 0.778. The Hall–Kier alpha value is -1.66. The molecule has 1 N–H and O–H groups in total. The zero-order chi connectivity index (χ0) is 14.3. The van der Waals surface area contributed by atoms with Gasteiger partial charge < -0.3 is 9.67 Å². The van der Waals surface area contributed by atoms with E-state index in [0.717, 1.165) is 20.7 Å². The number of halogens is 1. The van der Waals surface area contributed by atoms with Crippen molar-refractivity contribution in [3.63, 3.8) is 0 Å². The van der Waals surface area contributed by atoms with Gasteiger partial charge in [-0.3, -0.25) is 0 Å². The Morgan fingerprint density at radius 3 is 2.90 bits per heavy atom. The lowest BCUT2D eigenvalue weighted by molar-refractivity contribution is 0.0698. The van der Waals surface area contributed by atoms with E-state index in [9.17, 15) is 9.90 Å². The summed E-state index contributed by atoms with van der Waals surface area (Å²) in [5.41, 5.74) is 1.68. The number of aryl methyl sites for hydroxylation is 1. The average molecular weight is 351 g/mol. The Balaban J connectivity index is 2.22. The van der Waals surface area contributed by atoms with Crippen molar-refractivity contribution >= 4 is 44.3 Å². The van der Waals surface area contributed by atoms with Crippen LogP contribution >= 0.6 is 27.3 Å². The lowest BCUT2D eigenvalue weighted by Crippen LogP contribution is -2.05. The van der Waals surface area contributed by atoms with Gasteiger partial charge in [0, 0.05) is 9.35 Å². The molecule has 0 unspecified atom stereocenters. The number of fused-ring (bicyclic) bond motifs is 1. The maximum Gasteiger partial charge on any atom is 0.337 e. The summed E-state index contributed by atoms with van der Waals surface area (Å²) in [6.07, 6.45) is 0. The molecule has 6 heteroatoms. The molecule has 0 aliphatic rings. The van der Waals surface area contributed by atoms with Gasteiger partial charge in [-0.1, -0.05) is 6.07 Å². The number of hydrogen-bond donors (Lipinski definition) is 1. The number of rotatable bonds is 3. The van der Waals surface area contributed by atoms with Gasteiger partial charge in [-0.05, 0) is 46.4 Å². The highest BCUT2D eigenvalue weighted by Gasteiger charge is 2.16. The largest absolute Gasteiger partial charge is 0.478 e. The molecular weight excluding hydrogens is 340 g/mol. The maximum atomic E-state index is 11.4. The number of benzene rings is 1. The molecule has 0 spiro atoms. The molecule has 4 nitrogen and oxygen atoms in total. The fraction of sp³-hybridized carbons (Fsp3) is 0.143. The van der Waals surface area contributed by atoms with Crippen molar-refractivity contribution in [2.45, 2.75) is 13.5 Å². The molecule has 0 saturated heterocycles. The highest BCUT2D eigenvalue weighted by molar-refractivity contribution is 9.10. The van der Waals surface area contributed by atoms with Crippen LogP contribution in [0.5, 0.6) is 0 Å². The smallest absolute Gasteiger partial charge is 0.337 e. The number of carbonyl (C=O) groups is 1. The van der Waals surface area contributed by atoms with Crippen LogP contribution in [0.4, 0.5) is 0 Å². The van der Waals surface area contributed by atoms with E-state index in [4.69, 9.17) is 0 Å². The summed E-state index contributed by atoms with van der Waals surface area (Å²) in [5, 5.41) is 11.4. The molecule has 0 amide bonds. The fourth-order valence-corrected chi connectivity index (χ4v) is 3.71. The minimum absolute atomic E-state index is 0.288. The topological polar surface area (TPSA) is 55.1 Å². The predicted molar refractivity (Wildman–Crippen MR) is 82.6 cm³/mol. The Morgan fingerprint density at radius 1 is 1.45 bits per heavy atom. The van der Waals surface area contributed by atoms with Gasteiger partial charge in [0.2, 0.25) is 0 Å². The van der Waals surface area contributed by atoms with E-state index in [1.54, 1.807) is 23.5 Å². The summed E-state index contributed by atoms with van der Waals surface area (Å²) in [6, 6.07) is 7.18. The van der Waals surface area contributed by atoms with Crippen molar-refractivity contribution in [3.8, 4) is 0 Å². The average Bonchev–Trinajstić information content (AvgIpc) is 2.94. The van der Waals surface area contributed by atoms with Crippen molar-refractivity contribution in [1.29, 1.82) is 0 Å². The Bertz CT molecular complexity index is 807. The molecule has 3 aromatic rings. The Kier molecular flexibility index (Phi) is 3.35. The molecule has 0 aliphatic heterocycles. The minimum atomic E-state index is -0.929. The van der Waals surface area contributed by atoms with E-state index in [1.807, 2.05) is 29.0 Å². The van der Waals surface area contributed by atoms with E-state index in [0.29, 0.717) is 12.1 Å². The first-order valence-corrected chi connectivity index (χ1v) is 7.66. The summed E-state index contributed by atoms with van der Waals surface area (Å²) < 4.78 is 2.99. The van der Waals surface area contributed by atoms with E-state index >= 15 is 0 Å². The highest BCUT2D eigenvalue weighted by Crippen LogP contribution is 2.27. The second-order valence-electron chi connectivity index (χ2n) is 4.42. The van der Waals surface area contributed by atoms with Crippen LogP contribution in [0.3, 0.4) is 0 Å². The summed E-state index contributed by atoms with van der Waals surface area (Å²) in [6.45, 7) is 2.51. The standard InChI is InChI=1S/C14H11BrN2O2S/c1-8-16-11-4-2-3-9(14(18)19)13(11)17(8)7-12-10(15)5-6-20-12/h2-6H,7H2,1H3,(H,18,19). The fourth-order valence-electron chi connectivity index (χ4n) is 2.25. The molecule has 0 fully saturated rings. The van der Waals surface area contributed by atoms with Crippen LogP contribution in [0.25, 0.3) is 11.0 Å². The number of carboxylic acid groups (broad SMARTS) is 1. The molecule has 3 rings (SSSR count). The minimum Gasteiger partial charge on any atom is -0.478 e. The third-order valence-electron chi connectivity index (χ3n) is 3.18. The molecule has 0 saturated carbocycles. The molecule has 2 heterocycles. The molecule has 0 atom stereocenters. The van der Waals surface area contributed by atoms with Gasteiger partial charge in [0.05, 0.1) is 23.1 Å². The summed E-state index contributed by atoms with van der Waals surface area (Å²) in [4.78, 5) is 17.0. The molecule has 1 aromatic carbocycles. The van der Waals surface area contributed by atoms with Crippen molar-refractivity contribution in [2.75, 3.05) is 0 Å². The highest BCUT2D eigenvalue weighted by atomic mass is 79.9. The molecule has 2 aromatic heterocycles. The zero-order valence-corrected chi connectivity index (χ0v) is 13.0. The maximum absolute atomic E-state index is 11.4. The Morgan fingerprint density at radius 2 is 2.25 bits per heavy atom. The van der Waals surface area contributed by atoms with Crippen LogP contribution in [0.15, 0.2) is 34.1 Å². The lowest BCUT2D eigenvalue weighted by atomic mass is 10.2. The number of carboxylic acids is 1. The van der Waals surface area contributed by atoms with Crippen molar-refractivity contribution < 1.29 is 9.90 Å². The van der Waals surface area contributed by atoms with Gasteiger partial charge in [-0.2, -0.15) is 0 Å². The second kappa shape index (κ2) is 5.03. The predicted octanol–water partition coefficient (Wildman–Crippen LogP) is 3.92. The number of para-hydroxylation sites is 1. The van der Waals surface area contributed by atoms with Gasteiger partial charge in [0.15, 0.2) is 0 Å². The first kappa shape index (κ1) is 13.3. The van der Waals surface area contributed by atoms with Gasteiger partial charge in [0.1, 0.15) is 5.82 Å². The molecule has 0 radical (unpaired) electrons. The molecule has 20 heavy (non-hydrogen) atoms. The third kappa shape index (κ3) is 2.14. The van der Waals surface area contributed by atoms with Gasteiger partial charge in [-0.15, -0.1) is 11.3 Å². The van der Waals surface area contributed by atoms with Crippen LogP contribution in [0.2, 0.25) is 0 Å². The van der Waals surface area contributed by atoms with Crippen molar-refractivity contribution in [3.05, 3.63) is 50.4 Å². The number of aromatic carboxylic acids is 1. The van der Waals surface area contributed by atoms with E-state index in [-0.39, 0.29) is 5.56 Å². The second-order valence-corrected chi connectivity index (χ2v) is 6.27. The van der Waals surface area contributed by atoms with Crippen molar-refractivity contribution in [2.24, 2.45) is 0 Å². The van der Waals surface area contributed by atoms with E-state index in [2.05, 4.69) is 20.9 Å². The first-order valence-electron chi connectivity index (χ1n) is 5.99. The number of imidazole rings is 1. The van der Waals surface area contributed by atoms with Crippen molar-refractivity contribution in [1.82, 2.24) is 9.55 Å². The van der Waals surface area contributed by atoms with Crippen LogP contribution in [0.1, 0.15) is 21.1 Å². The molecule has 0 aliphatic carbocycles. The van der Waals surface area contributed by atoms with Gasteiger partial charge in [-0.25, -0.2) is 9.78 Å². The lowest BCUT2D eigenvalue weighted by Gasteiger charge is -2.07. The molecular formula is C14H11BrN2O2S. The first-order chi connectivity index (χ1) is 9.58. The summed E-state index contributed by atoms with van der Waals surface area (Å²) in [5.74, 6) is -0.115. The van der Waals surface area contributed by atoms with Crippen LogP contribution in [0, 0.1) is 6.92 Å². The monoisotopic (exact) mass is 350 g/mol. The van der Waals surface area contributed by atoms with Gasteiger partial charge >= 0.3 is 5.97 Å². The van der Waals surface area contributed by atoms with Crippen LogP contribution in [-0.4, -0.2) is 20.6 Å². The Labute approximate surface area is 127 Å². The molecule has 102 valence electrons. The van der Waals surface area contributed by atoms with E-state index < -0.39 is 5.97 Å². The molecule has 0 bridgehead atoms. The zero-order valence-electron chi connectivity index (χ0n) is 10.6. The number of aromatic nitrogens is 2. The summed E-state index contributed by atoms with van der Waals surface area (Å²) >= 11 is 5.14.